The van der Waals surface area contributed by atoms with Crippen molar-refractivity contribution in [3.05, 3.63) is 46.2 Å². The Morgan fingerprint density at radius 2 is 2.18 bits per heavy atom. The van der Waals surface area contributed by atoms with Gasteiger partial charge in [0.2, 0.25) is 6.79 Å². The van der Waals surface area contributed by atoms with Gasteiger partial charge in [-0.25, -0.2) is 4.79 Å². The smallest absolute Gasteiger partial charge is 0.317 e. The topological polar surface area (TPSA) is 50.8 Å². The number of hydrogen-bond donors (Lipinski definition) is 1. The third-order valence-electron chi connectivity index (χ3n) is 3.74. The zero-order valence-electron chi connectivity index (χ0n) is 12.5. The highest BCUT2D eigenvalue weighted by molar-refractivity contribution is 7.10. The van der Waals surface area contributed by atoms with Crippen molar-refractivity contribution in [2.45, 2.75) is 19.5 Å². The molecular formula is C16H18N2O3S. The lowest BCUT2D eigenvalue weighted by atomic mass is 10.2. The number of urea groups is 1. The molecule has 2 heterocycles. The molecular weight excluding hydrogens is 300 g/mol. The van der Waals surface area contributed by atoms with Crippen molar-refractivity contribution in [2.75, 3.05) is 13.8 Å². The second-order valence-electron chi connectivity index (χ2n) is 5.15. The average molecular weight is 318 g/mol. The monoisotopic (exact) mass is 318 g/mol. The van der Waals surface area contributed by atoms with Crippen LogP contribution in [0.15, 0.2) is 35.7 Å². The zero-order chi connectivity index (χ0) is 15.5. The van der Waals surface area contributed by atoms with Gasteiger partial charge in [0.1, 0.15) is 0 Å². The van der Waals surface area contributed by atoms with Gasteiger partial charge in [-0.05, 0) is 36.1 Å². The van der Waals surface area contributed by atoms with Gasteiger partial charge in [0, 0.05) is 18.5 Å². The molecule has 116 valence electrons. The van der Waals surface area contributed by atoms with Crippen molar-refractivity contribution in [1.29, 1.82) is 0 Å². The molecule has 1 aliphatic rings. The third kappa shape index (κ3) is 3.01. The summed E-state index contributed by atoms with van der Waals surface area (Å²) >= 11 is 1.65. The molecule has 1 aromatic heterocycles. The van der Waals surface area contributed by atoms with Crippen LogP contribution in [0.1, 0.15) is 23.4 Å². The Morgan fingerprint density at radius 1 is 1.36 bits per heavy atom. The van der Waals surface area contributed by atoms with Crippen LogP contribution < -0.4 is 14.8 Å². The number of nitrogens with zero attached hydrogens (tertiary/aromatic N) is 1. The van der Waals surface area contributed by atoms with Crippen LogP contribution in [-0.2, 0) is 6.54 Å². The van der Waals surface area contributed by atoms with E-state index in [1.165, 1.54) is 4.88 Å². The Morgan fingerprint density at radius 3 is 2.95 bits per heavy atom. The number of nitrogens with one attached hydrogen (secondary N) is 1. The maximum atomic E-state index is 12.3. The fraction of sp³-hybridized carbons (Fsp3) is 0.312. The van der Waals surface area contributed by atoms with Crippen LogP contribution in [0, 0.1) is 0 Å². The lowest BCUT2D eigenvalue weighted by molar-refractivity contribution is 0.174. The van der Waals surface area contributed by atoms with Crippen LogP contribution in [0.25, 0.3) is 0 Å². The standard InChI is InChI=1S/C16H18N2O3S/c1-11(15-4-3-7-22-15)18(2)16(19)17-9-12-5-6-13-14(8-12)21-10-20-13/h3-8,11H,9-10H2,1-2H3,(H,17,19)/t11-/m0/s1. The van der Waals surface area contributed by atoms with Crippen molar-refractivity contribution >= 4 is 17.4 Å². The molecule has 6 heteroatoms. The van der Waals surface area contributed by atoms with E-state index in [9.17, 15) is 4.79 Å². The van der Waals surface area contributed by atoms with Crippen molar-refractivity contribution in [3.63, 3.8) is 0 Å². The van der Waals surface area contributed by atoms with Crippen molar-refractivity contribution < 1.29 is 14.3 Å². The summed E-state index contributed by atoms with van der Waals surface area (Å²) in [5.41, 5.74) is 0.981. The van der Waals surface area contributed by atoms with E-state index >= 15 is 0 Å². The lowest BCUT2D eigenvalue weighted by Crippen LogP contribution is -2.38. The Bertz CT molecular complexity index is 657. The summed E-state index contributed by atoms with van der Waals surface area (Å²) < 4.78 is 10.6. The number of rotatable bonds is 4. The fourth-order valence-corrected chi connectivity index (χ4v) is 3.08. The summed E-state index contributed by atoms with van der Waals surface area (Å²) in [6, 6.07) is 9.67. The average Bonchev–Trinajstić information content (AvgIpc) is 3.21. The predicted molar refractivity (Wildman–Crippen MR) is 85.3 cm³/mol. The summed E-state index contributed by atoms with van der Waals surface area (Å²) in [4.78, 5) is 15.1. The highest BCUT2D eigenvalue weighted by Crippen LogP contribution is 2.32. The Kier molecular flexibility index (Phi) is 4.20. The van der Waals surface area contributed by atoms with Crippen LogP contribution in [0.2, 0.25) is 0 Å². The molecule has 0 unspecified atom stereocenters. The van der Waals surface area contributed by atoms with Crippen molar-refractivity contribution in [1.82, 2.24) is 10.2 Å². The van der Waals surface area contributed by atoms with Gasteiger partial charge in [-0.15, -0.1) is 11.3 Å². The molecule has 0 saturated carbocycles. The molecule has 3 rings (SSSR count). The number of thiophene rings is 1. The van der Waals surface area contributed by atoms with Gasteiger partial charge in [0.15, 0.2) is 11.5 Å². The molecule has 5 nitrogen and oxygen atoms in total. The quantitative estimate of drug-likeness (QED) is 0.940. The number of hydrogen-bond acceptors (Lipinski definition) is 4. The number of benzene rings is 1. The van der Waals surface area contributed by atoms with Crippen LogP contribution >= 0.6 is 11.3 Å². The predicted octanol–water partition coefficient (Wildman–Crippen LogP) is 3.38. The van der Waals surface area contributed by atoms with Crippen LogP contribution in [0.4, 0.5) is 4.79 Å². The van der Waals surface area contributed by atoms with Gasteiger partial charge in [0.05, 0.1) is 6.04 Å². The first-order valence-corrected chi connectivity index (χ1v) is 7.95. The molecule has 0 saturated heterocycles. The molecule has 0 radical (unpaired) electrons. The SMILES string of the molecule is C[C@@H](c1cccs1)N(C)C(=O)NCc1ccc2c(c1)OCO2. The first-order chi connectivity index (χ1) is 10.6. The summed E-state index contributed by atoms with van der Waals surface area (Å²) in [5.74, 6) is 1.48. The minimum Gasteiger partial charge on any atom is -0.454 e. The van der Waals surface area contributed by atoms with Crippen LogP contribution in [0.3, 0.4) is 0 Å². The van der Waals surface area contributed by atoms with E-state index in [-0.39, 0.29) is 18.9 Å². The summed E-state index contributed by atoms with van der Waals surface area (Å²) in [7, 11) is 1.80. The molecule has 2 amide bonds. The van der Waals surface area contributed by atoms with Crippen molar-refractivity contribution in [3.8, 4) is 11.5 Å². The molecule has 1 atom stereocenters. The molecule has 0 spiro atoms. The summed E-state index contributed by atoms with van der Waals surface area (Å²) in [5, 5.41) is 4.95. The van der Waals surface area contributed by atoms with E-state index < -0.39 is 0 Å². The molecule has 0 bridgehead atoms. The molecule has 1 aromatic carbocycles. The highest BCUT2D eigenvalue weighted by Gasteiger charge is 2.18. The summed E-state index contributed by atoms with van der Waals surface area (Å²) in [6.45, 7) is 2.73. The first-order valence-electron chi connectivity index (χ1n) is 7.08. The molecule has 22 heavy (non-hydrogen) atoms. The Labute approximate surface area is 133 Å². The minimum atomic E-state index is -0.0985. The van der Waals surface area contributed by atoms with Gasteiger partial charge in [-0.1, -0.05) is 12.1 Å². The number of amides is 2. The first kappa shape index (κ1) is 14.7. The molecule has 0 fully saturated rings. The number of fused-ring (bicyclic) bond motifs is 1. The van der Waals surface area contributed by atoms with Gasteiger partial charge < -0.3 is 19.7 Å². The molecule has 0 aliphatic carbocycles. The molecule has 2 aromatic rings. The maximum Gasteiger partial charge on any atom is 0.317 e. The molecule has 1 aliphatic heterocycles. The highest BCUT2D eigenvalue weighted by atomic mass is 32.1. The largest absolute Gasteiger partial charge is 0.454 e. The van der Waals surface area contributed by atoms with E-state index in [4.69, 9.17) is 9.47 Å². The van der Waals surface area contributed by atoms with Gasteiger partial charge >= 0.3 is 6.03 Å². The van der Waals surface area contributed by atoms with E-state index in [1.807, 2.05) is 42.6 Å². The van der Waals surface area contributed by atoms with Gasteiger partial charge in [0.25, 0.3) is 0 Å². The van der Waals surface area contributed by atoms with E-state index in [2.05, 4.69) is 5.32 Å². The second-order valence-corrected chi connectivity index (χ2v) is 6.13. The van der Waals surface area contributed by atoms with E-state index in [0.29, 0.717) is 6.54 Å². The minimum absolute atomic E-state index is 0.0525. The van der Waals surface area contributed by atoms with Gasteiger partial charge in [-0.3, -0.25) is 0 Å². The number of carbonyl (C=O) groups excluding carboxylic acids is 1. The zero-order valence-corrected chi connectivity index (χ0v) is 13.4. The number of carbonyl (C=O) groups is 1. The second kappa shape index (κ2) is 6.27. The van der Waals surface area contributed by atoms with Crippen LogP contribution in [-0.4, -0.2) is 24.8 Å². The Hall–Kier alpha value is -2.21. The van der Waals surface area contributed by atoms with Gasteiger partial charge in [-0.2, -0.15) is 0 Å². The van der Waals surface area contributed by atoms with E-state index in [0.717, 1.165) is 17.1 Å². The summed E-state index contributed by atoms with van der Waals surface area (Å²) in [6.07, 6.45) is 0. The third-order valence-corrected chi connectivity index (χ3v) is 4.78. The number of ether oxygens (including phenoxy) is 2. The molecule has 1 N–H and O–H groups in total. The van der Waals surface area contributed by atoms with Crippen molar-refractivity contribution in [2.24, 2.45) is 0 Å². The fourth-order valence-electron chi connectivity index (χ4n) is 2.25. The normalized spacial score (nSPS) is 13.7. The van der Waals surface area contributed by atoms with Crippen LogP contribution in [0.5, 0.6) is 11.5 Å². The lowest BCUT2D eigenvalue weighted by Gasteiger charge is -2.24. The van der Waals surface area contributed by atoms with E-state index in [1.54, 1.807) is 23.3 Å². The Balaban J connectivity index is 1.58. The maximum absolute atomic E-state index is 12.3.